The fourth-order valence-electron chi connectivity index (χ4n) is 1.14. The molecule has 0 radical (unpaired) electrons. The lowest BCUT2D eigenvalue weighted by Gasteiger charge is -2.08. The number of alkyl halides is 2. The van der Waals surface area contributed by atoms with Crippen LogP contribution in [0.3, 0.4) is 0 Å². The summed E-state index contributed by atoms with van der Waals surface area (Å²) in [6, 6.07) is 0.717. The molecule has 0 unspecified atom stereocenters. The van der Waals surface area contributed by atoms with Gasteiger partial charge in [-0.3, -0.25) is 4.98 Å². The molecule has 0 aliphatic heterocycles. The van der Waals surface area contributed by atoms with Crippen LogP contribution >= 0.6 is 10.7 Å². The Hall–Kier alpha value is -1.28. The molecule has 0 spiro atoms. The van der Waals surface area contributed by atoms with E-state index in [1.165, 1.54) is 6.92 Å². The predicted octanol–water partition coefficient (Wildman–Crippen LogP) is 2.12. The van der Waals surface area contributed by atoms with Crippen molar-refractivity contribution in [2.45, 2.75) is 18.2 Å². The van der Waals surface area contributed by atoms with Crippen molar-refractivity contribution in [2.75, 3.05) is 6.61 Å². The average Bonchev–Trinajstić information content (AvgIpc) is 2.27. The molecule has 1 aromatic rings. The van der Waals surface area contributed by atoms with E-state index in [1.54, 1.807) is 0 Å². The highest BCUT2D eigenvalue weighted by Gasteiger charge is 2.24. The first-order valence-electron chi connectivity index (χ1n) is 4.67. The lowest BCUT2D eigenvalue weighted by atomic mass is 10.2. The Kier molecular flexibility index (Phi) is 4.58. The van der Waals surface area contributed by atoms with Crippen molar-refractivity contribution in [2.24, 2.45) is 0 Å². The number of esters is 1. The minimum Gasteiger partial charge on any atom is -0.462 e. The van der Waals surface area contributed by atoms with Crippen LogP contribution in [0.5, 0.6) is 0 Å². The Balaban J connectivity index is 3.38. The summed E-state index contributed by atoms with van der Waals surface area (Å²) < 4.78 is 51.8. The highest BCUT2D eigenvalue weighted by molar-refractivity contribution is 8.13. The summed E-state index contributed by atoms with van der Waals surface area (Å²) in [4.78, 5) is 14.1. The van der Waals surface area contributed by atoms with E-state index in [-0.39, 0.29) is 6.61 Å². The summed E-state index contributed by atoms with van der Waals surface area (Å²) in [6.45, 7) is 1.44. The summed E-state index contributed by atoms with van der Waals surface area (Å²) in [7, 11) is 0.878. The molecular weight excluding hydrogens is 292 g/mol. The van der Waals surface area contributed by atoms with E-state index in [1.807, 2.05) is 0 Å². The molecule has 0 bridgehead atoms. The summed E-state index contributed by atoms with van der Waals surface area (Å²) in [5.74, 6) is -1.08. The zero-order valence-corrected chi connectivity index (χ0v) is 10.6. The molecule has 0 fully saturated rings. The number of ether oxygens (including phenoxy) is 1. The van der Waals surface area contributed by atoms with Gasteiger partial charge in [0.05, 0.1) is 12.2 Å². The molecule has 0 amide bonds. The molecule has 5 nitrogen and oxygen atoms in total. The summed E-state index contributed by atoms with van der Waals surface area (Å²) in [5, 5.41) is 0. The van der Waals surface area contributed by atoms with Crippen LogP contribution in [0.4, 0.5) is 8.78 Å². The second kappa shape index (κ2) is 5.57. The van der Waals surface area contributed by atoms with Gasteiger partial charge in [-0.1, -0.05) is 0 Å². The smallest absolute Gasteiger partial charge is 0.340 e. The molecule has 1 heterocycles. The zero-order valence-electron chi connectivity index (χ0n) is 9.06. The largest absolute Gasteiger partial charge is 0.462 e. The Morgan fingerprint density at radius 1 is 1.56 bits per heavy atom. The Labute approximate surface area is 106 Å². The van der Waals surface area contributed by atoms with Crippen molar-refractivity contribution in [3.05, 3.63) is 23.5 Å². The predicted molar refractivity (Wildman–Crippen MR) is 58.2 cm³/mol. The third-order valence-electron chi connectivity index (χ3n) is 1.88. The monoisotopic (exact) mass is 299 g/mol. The third kappa shape index (κ3) is 3.36. The number of carbonyl (C=O) groups is 1. The molecular formula is C9H8ClF2NO4S. The minimum atomic E-state index is -4.16. The van der Waals surface area contributed by atoms with Crippen molar-refractivity contribution >= 4 is 25.7 Å². The SMILES string of the molecule is CCOC(=O)c1cc(S(=O)(=O)Cl)cnc1C(F)F. The number of nitrogens with zero attached hydrogens (tertiary/aromatic N) is 1. The van der Waals surface area contributed by atoms with Gasteiger partial charge in [0.2, 0.25) is 0 Å². The van der Waals surface area contributed by atoms with E-state index >= 15 is 0 Å². The van der Waals surface area contributed by atoms with Crippen LogP contribution in [-0.4, -0.2) is 26.0 Å². The van der Waals surface area contributed by atoms with Gasteiger partial charge in [0, 0.05) is 16.9 Å². The first-order chi connectivity index (χ1) is 8.27. The maximum Gasteiger partial charge on any atom is 0.340 e. The van der Waals surface area contributed by atoms with Crippen LogP contribution in [0.2, 0.25) is 0 Å². The number of carbonyl (C=O) groups excluding carboxylic acids is 1. The molecule has 0 aliphatic carbocycles. The van der Waals surface area contributed by atoms with E-state index in [0.29, 0.717) is 6.20 Å². The van der Waals surface area contributed by atoms with Crippen molar-refractivity contribution in [1.82, 2.24) is 4.98 Å². The Morgan fingerprint density at radius 3 is 2.61 bits per heavy atom. The van der Waals surface area contributed by atoms with Gasteiger partial charge in [-0.05, 0) is 13.0 Å². The lowest BCUT2D eigenvalue weighted by molar-refractivity contribution is 0.0513. The molecule has 1 rings (SSSR count). The molecule has 0 atom stereocenters. The standard InChI is InChI=1S/C9H8ClF2NO4S/c1-2-17-9(14)6-3-5(18(10,15)16)4-13-7(6)8(11)12/h3-4,8H,2H2,1H3. The molecule has 9 heteroatoms. The number of halogens is 3. The first kappa shape index (κ1) is 14.8. The van der Waals surface area contributed by atoms with E-state index in [4.69, 9.17) is 10.7 Å². The lowest BCUT2D eigenvalue weighted by Crippen LogP contribution is -2.11. The van der Waals surface area contributed by atoms with Crippen LogP contribution in [0, 0.1) is 0 Å². The topological polar surface area (TPSA) is 73.3 Å². The second-order valence-corrected chi connectivity index (χ2v) is 5.63. The van der Waals surface area contributed by atoms with Gasteiger partial charge in [-0.2, -0.15) is 0 Å². The van der Waals surface area contributed by atoms with E-state index < -0.39 is 37.6 Å². The summed E-state index contributed by atoms with van der Waals surface area (Å²) >= 11 is 0. The van der Waals surface area contributed by atoms with Gasteiger partial charge in [0.25, 0.3) is 15.5 Å². The number of hydrogen-bond acceptors (Lipinski definition) is 5. The maximum absolute atomic E-state index is 12.6. The van der Waals surface area contributed by atoms with Crippen LogP contribution in [0.1, 0.15) is 29.4 Å². The van der Waals surface area contributed by atoms with Crippen molar-refractivity contribution < 1.29 is 26.7 Å². The Morgan fingerprint density at radius 2 is 2.17 bits per heavy atom. The number of rotatable bonds is 4. The van der Waals surface area contributed by atoms with Crippen molar-refractivity contribution in [1.29, 1.82) is 0 Å². The van der Waals surface area contributed by atoms with Gasteiger partial charge < -0.3 is 4.74 Å². The highest BCUT2D eigenvalue weighted by atomic mass is 35.7. The van der Waals surface area contributed by atoms with Crippen LogP contribution < -0.4 is 0 Å². The molecule has 0 N–H and O–H groups in total. The molecule has 100 valence electrons. The molecule has 18 heavy (non-hydrogen) atoms. The van der Waals surface area contributed by atoms with Gasteiger partial charge >= 0.3 is 5.97 Å². The number of pyridine rings is 1. The average molecular weight is 300 g/mol. The van der Waals surface area contributed by atoms with Gasteiger partial charge in [0.1, 0.15) is 10.6 Å². The van der Waals surface area contributed by atoms with Gasteiger partial charge in [-0.25, -0.2) is 22.0 Å². The molecule has 0 aliphatic rings. The summed E-state index contributed by atoms with van der Waals surface area (Å²) in [6.07, 6.45) is -2.37. The van der Waals surface area contributed by atoms with E-state index in [0.717, 1.165) is 6.07 Å². The highest BCUT2D eigenvalue weighted by Crippen LogP contribution is 2.25. The Bertz CT molecular complexity index is 562. The van der Waals surface area contributed by atoms with Crippen LogP contribution in [-0.2, 0) is 13.8 Å². The first-order valence-corrected chi connectivity index (χ1v) is 6.98. The van der Waals surface area contributed by atoms with Gasteiger partial charge in [-0.15, -0.1) is 0 Å². The van der Waals surface area contributed by atoms with Crippen molar-refractivity contribution in [3.63, 3.8) is 0 Å². The van der Waals surface area contributed by atoms with Gasteiger partial charge in [0.15, 0.2) is 0 Å². The molecule has 0 saturated heterocycles. The molecule has 0 aromatic carbocycles. The minimum absolute atomic E-state index is 0.0423. The van der Waals surface area contributed by atoms with Crippen LogP contribution in [0.15, 0.2) is 17.2 Å². The van der Waals surface area contributed by atoms with Crippen molar-refractivity contribution in [3.8, 4) is 0 Å². The second-order valence-electron chi connectivity index (χ2n) is 3.06. The summed E-state index contributed by atoms with van der Waals surface area (Å²) in [5.41, 5.74) is -1.47. The molecule has 1 aromatic heterocycles. The third-order valence-corrected chi connectivity index (χ3v) is 3.20. The van der Waals surface area contributed by atoms with E-state index in [9.17, 15) is 22.0 Å². The fourth-order valence-corrected chi connectivity index (χ4v) is 1.83. The van der Waals surface area contributed by atoms with E-state index in [2.05, 4.69) is 9.72 Å². The normalized spacial score (nSPS) is 11.6. The zero-order chi connectivity index (χ0) is 13.9. The maximum atomic E-state index is 12.6. The molecule has 0 saturated carbocycles. The number of aromatic nitrogens is 1. The number of hydrogen-bond donors (Lipinski definition) is 0. The fraction of sp³-hybridized carbons (Fsp3) is 0.333. The quantitative estimate of drug-likeness (QED) is 0.629. The van der Waals surface area contributed by atoms with Crippen LogP contribution in [0.25, 0.3) is 0 Å².